The summed E-state index contributed by atoms with van der Waals surface area (Å²) in [5.41, 5.74) is 1.27. The van der Waals surface area contributed by atoms with Crippen LogP contribution in [-0.4, -0.2) is 26.4 Å². The summed E-state index contributed by atoms with van der Waals surface area (Å²) in [6.45, 7) is 3.55. The van der Waals surface area contributed by atoms with E-state index in [9.17, 15) is 0 Å². The number of benzene rings is 1. The summed E-state index contributed by atoms with van der Waals surface area (Å²) in [6, 6.07) is 6.12. The Labute approximate surface area is 96.3 Å². The van der Waals surface area contributed by atoms with Crippen LogP contribution in [0.15, 0.2) is 18.2 Å². The molecule has 0 radical (unpaired) electrons. The normalized spacial score (nSPS) is 18.2. The average molecular weight is 222 g/mol. The SMILES string of the molecule is CCOc1ccc(CCC2CO2)cc1OC. The average Bonchev–Trinajstić information content (AvgIpc) is 3.12. The van der Waals surface area contributed by atoms with E-state index in [1.165, 1.54) is 5.56 Å². The lowest BCUT2D eigenvalue weighted by Crippen LogP contribution is -1.97. The highest BCUT2D eigenvalue weighted by Gasteiger charge is 2.21. The molecule has 3 heteroatoms. The number of rotatable bonds is 6. The third-order valence-corrected chi connectivity index (χ3v) is 2.69. The molecule has 1 fully saturated rings. The first kappa shape index (κ1) is 11.3. The molecule has 0 spiro atoms. The van der Waals surface area contributed by atoms with Crippen molar-refractivity contribution in [3.8, 4) is 11.5 Å². The number of methoxy groups -OCH3 is 1. The quantitative estimate of drug-likeness (QED) is 0.693. The number of hydrogen-bond acceptors (Lipinski definition) is 3. The van der Waals surface area contributed by atoms with Crippen molar-refractivity contribution in [1.82, 2.24) is 0 Å². The highest BCUT2D eigenvalue weighted by atomic mass is 16.6. The van der Waals surface area contributed by atoms with Gasteiger partial charge in [-0.05, 0) is 37.5 Å². The Morgan fingerprint density at radius 2 is 2.19 bits per heavy atom. The van der Waals surface area contributed by atoms with Crippen molar-refractivity contribution in [3.05, 3.63) is 23.8 Å². The molecule has 0 amide bonds. The molecule has 0 saturated carbocycles. The van der Waals surface area contributed by atoms with Gasteiger partial charge in [-0.25, -0.2) is 0 Å². The van der Waals surface area contributed by atoms with Gasteiger partial charge in [0.05, 0.1) is 26.4 Å². The maximum atomic E-state index is 5.47. The first-order valence-corrected chi connectivity index (χ1v) is 5.74. The highest BCUT2D eigenvalue weighted by molar-refractivity contribution is 5.43. The van der Waals surface area contributed by atoms with Gasteiger partial charge in [0.25, 0.3) is 0 Å². The zero-order valence-corrected chi connectivity index (χ0v) is 9.86. The van der Waals surface area contributed by atoms with E-state index < -0.39 is 0 Å². The molecule has 1 aliphatic rings. The second-order valence-electron chi connectivity index (χ2n) is 3.91. The van der Waals surface area contributed by atoms with Gasteiger partial charge in [0.2, 0.25) is 0 Å². The molecule has 1 saturated heterocycles. The predicted molar refractivity (Wildman–Crippen MR) is 62.2 cm³/mol. The van der Waals surface area contributed by atoms with Gasteiger partial charge >= 0.3 is 0 Å². The van der Waals surface area contributed by atoms with Crippen LogP contribution in [0.5, 0.6) is 11.5 Å². The van der Waals surface area contributed by atoms with Crippen LogP contribution in [0.2, 0.25) is 0 Å². The Bertz CT molecular complexity index is 345. The lowest BCUT2D eigenvalue weighted by atomic mass is 10.1. The van der Waals surface area contributed by atoms with Crippen molar-refractivity contribution in [2.75, 3.05) is 20.3 Å². The summed E-state index contributed by atoms with van der Waals surface area (Å²) in [7, 11) is 1.67. The van der Waals surface area contributed by atoms with Gasteiger partial charge in [-0.15, -0.1) is 0 Å². The van der Waals surface area contributed by atoms with Crippen LogP contribution in [0.25, 0.3) is 0 Å². The van der Waals surface area contributed by atoms with Crippen molar-refractivity contribution in [1.29, 1.82) is 0 Å². The monoisotopic (exact) mass is 222 g/mol. The zero-order valence-electron chi connectivity index (χ0n) is 9.86. The fraction of sp³-hybridized carbons (Fsp3) is 0.538. The van der Waals surface area contributed by atoms with Crippen molar-refractivity contribution in [2.45, 2.75) is 25.9 Å². The fourth-order valence-electron chi connectivity index (χ4n) is 1.70. The molecule has 1 atom stereocenters. The molecule has 1 aliphatic heterocycles. The molecule has 0 aromatic heterocycles. The number of hydrogen-bond donors (Lipinski definition) is 0. The summed E-state index contributed by atoms with van der Waals surface area (Å²) < 4.78 is 16.0. The summed E-state index contributed by atoms with van der Waals surface area (Å²) >= 11 is 0. The molecule has 88 valence electrons. The summed E-state index contributed by atoms with van der Waals surface area (Å²) in [5, 5.41) is 0. The maximum absolute atomic E-state index is 5.47. The summed E-state index contributed by atoms with van der Waals surface area (Å²) in [4.78, 5) is 0. The van der Waals surface area contributed by atoms with Crippen LogP contribution in [0.3, 0.4) is 0 Å². The molecule has 0 N–H and O–H groups in total. The summed E-state index contributed by atoms with van der Waals surface area (Å²) in [5.74, 6) is 1.63. The predicted octanol–water partition coefficient (Wildman–Crippen LogP) is 2.43. The first-order chi connectivity index (χ1) is 7.83. The molecule has 1 aromatic rings. The molecular formula is C13H18O3. The van der Waals surface area contributed by atoms with Crippen molar-refractivity contribution >= 4 is 0 Å². The second kappa shape index (κ2) is 5.21. The lowest BCUT2D eigenvalue weighted by Gasteiger charge is -2.10. The zero-order chi connectivity index (χ0) is 11.4. The number of epoxide rings is 1. The Morgan fingerprint density at radius 1 is 1.38 bits per heavy atom. The van der Waals surface area contributed by atoms with E-state index in [1.807, 2.05) is 19.1 Å². The Hall–Kier alpha value is -1.22. The minimum Gasteiger partial charge on any atom is -0.493 e. The van der Waals surface area contributed by atoms with Gasteiger partial charge in [0, 0.05) is 0 Å². The maximum Gasteiger partial charge on any atom is 0.161 e. The number of ether oxygens (including phenoxy) is 3. The molecule has 1 heterocycles. The van der Waals surface area contributed by atoms with E-state index in [4.69, 9.17) is 14.2 Å². The van der Waals surface area contributed by atoms with E-state index in [-0.39, 0.29) is 0 Å². The van der Waals surface area contributed by atoms with E-state index in [1.54, 1.807) is 7.11 Å². The number of aryl methyl sites for hydroxylation is 1. The molecule has 2 rings (SSSR count). The topological polar surface area (TPSA) is 31.0 Å². The van der Waals surface area contributed by atoms with E-state index in [0.29, 0.717) is 12.7 Å². The van der Waals surface area contributed by atoms with Gasteiger partial charge in [-0.3, -0.25) is 0 Å². The van der Waals surface area contributed by atoms with Crippen LogP contribution in [0.1, 0.15) is 18.9 Å². The minimum absolute atomic E-state index is 0.484. The molecular weight excluding hydrogens is 204 g/mol. The summed E-state index contributed by atoms with van der Waals surface area (Å²) in [6.07, 6.45) is 2.61. The van der Waals surface area contributed by atoms with Crippen LogP contribution in [0, 0.1) is 0 Å². The minimum atomic E-state index is 0.484. The second-order valence-corrected chi connectivity index (χ2v) is 3.91. The molecule has 1 unspecified atom stereocenters. The highest BCUT2D eigenvalue weighted by Crippen LogP contribution is 2.29. The molecule has 0 aliphatic carbocycles. The molecule has 1 aromatic carbocycles. The van der Waals surface area contributed by atoms with E-state index in [0.717, 1.165) is 30.9 Å². The van der Waals surface area contributed by atoms with Crippen molar-refractivity contribution in [3.63, 3.8) is 0 Å². The van der Waals surface area contributed by atoms with Crippen molar-refractivity contribution in [2.24, 2.45) is 0 Å². The standard InChI is InChI=1S/C13H18O3/c1-3-15-12-7-5-10(8-13(12)14-2)4-6-11-9-16-11/h5,7-8,11H,3-4,6,9H2,1-2H3. The first-order valence-electron chi connectivity index (χ1n) is 5.74. The van der Waals surface area contributed by atoms with Crippen LogP contribution >= 0.6 is 0 Å². The lowest BCUT2D eigenvalue weighted by molar-refractivity contribution is 0.310. The molecule has 16 heavy (non-hydrogen) atoms. The molecule has 0 bridgehead atoms. The van der Waals surface area contributed by atoms with E-state index >= 15 is 0 Å². The molecule has 3 nitrogen and oxygen atoms in total. The van der Waals surface area contributed by atoms with Gasteiger partial charge in [-0.2, -0.15) is 0 Å². The Balaban J connectivity index is 2.02. The smallest absolute Gasteiger partial charge is 0.161 e. The van der Waals surface area contributed by atoms with E-state index in [2.05, 4.69) is 6.07 Å². The van der Waals surface area contributed by atoms with Crippen LogP contribution in [-0.2, 0) is 11.2 Å². The third kappa shape index (κ3) is 2.89. The van der Waals surface area contributed by atoms with Crippen LogP contribution < -0.4 is 9.47 Å². The van der Waals surface area contributed by atoms with Gasteiger partial charge in [0.1, 0.15) is 0 Å². The van der Waals surface area contributed by atoms with Gasteiger partial charge < -0.3 is 14.2 Å². The third-order valence-electron chi connectivity index (χ3n) is 2.69. The van der Waals surface area contributed by atoms with Crippen molar-refractivity contribution < 1.29 is 14.2 Å². The van der Waals surface area contributed by atoms with Crippen LogP contribution in [0.4, 0.5) is 0 Å². The largest absolute Gasteiger partial charge is 0.493 e. The van der Waals surface area contributed by atoms with Gasteiger partial charge in [-0.1, -0.05) is 6.07 Å². The fourth-order valence-corrected chi connectivity index (χ4v) is 1.70. The van der Waals surface area contributed by atoms with Gasteiger partial charge in [0.15, 0.2) is 11.5 Å². The Kier molecular flexibility index (Phi) is 3.67. The Morgan fingerprint density at radius 3 is 2.81 bits per heavy atom.